The fourth-order valence-corrected chi connectivity index (χ4v) is 4.70. The van der Waals surface area contributed by atoms with Gasteiger partial charge in [-0.15, -0.1) is 0 Å². The summed E-state index contributed by atoms with van der Waals surface area (Å²) in [4.78, 5) is 35.4. The lowest BCUT2D eigenvalue weighted by Crippen LogP contribution is -2.52. The fraction of sp³-hybridized carbons (Fsp3) is 0.375. The van der Waals surface area contributed by atoms with Gasteiger partial charge in [-0.05, 0) is 41.5 Å². The molecular formula is C24H23F3N2O5. The molecular weight excluding hydrogens is 453 g/mol. The molecule has 0 saturated heterocycles. The van der Waals surface area contributed by atoms with Gasteiger partial charge in [0.2, 0.25) is 11.9 Å². The third-order valence-electron chi connectivity index (χ3n) is 6.33. The highest BCUT2D eigenvalue weighted by molar-refractivity contribution is 5.86. The van der Waals surface area contributed by atoms with E-state index in [0.717, 1.165) is 22.3 Å². The number of alkyl halides is 3. The number of halogens is 3. The fourth-order valence-electron chi connectivity index (χ4n) is 4.70. The monoisotopic (exact) mass is 476 g/mol. The van der Waals surface area contributed by atoms with Crippen molar-refractivity contribution in [3.05, 3.63) is 59.7 Å². The van der Waals surface area contributed by atoms with Crippen LogP contribution in [0.5, 0.6) is 0 Å². The molecule has 180 valence electrons. The number of carbonyl (C=O) groups excluding carboxylic acids is 2. The summed E-state index contributed by atoms with van der Waals surface area (Å²) in [6.45, 7) is 0.113. The van der Waals surface area contributed by atoms with Crippen molar-refractivity contribution in [2.45, 2.75) is 43.4 Å². The number of hydrogen-bond donors (Lipinski definition) is 3. The number of carboxylic acids is 1. The van der Waals surface area contributed by atoms with E-state index in [0.29, 0.717) is 6.42 Å². The third-order valence-corrected chi connectivity index (χ3v) is 6.33. The molecule has 0 spiro atoms. The number of nitrogens with one attached hydrogen (secondary N) is 2. The minimum atomic E-state index is -5.10. The van der Waals surface area contributed by atoms with E-state index in [-0.39, 0.29) is 25.4 Å². The van der Waals surface area contributed by atoms with Gasteiger partial charge >= 0.3 is 18.2 Å². The Balaban J connectivity index is 1.30. The normalized spacial score (nSPS) is 20.2. The molecule has 1 unspecified atom stereocenters. The van der Waals surface area contributed by atoms with Gasteiger partial charge < -0.3 is 20.5 Å². The van der Waals surface area contributed by atoms with Gasteiger partial charge in [-0.3, -0.25) is 4.79 Å². The van der Waals surface area contributed by atoms with Gasteiger partial charge in [-0.1, -0.05) is 48.5 Å². The molecule has 0 heterocycles. The van der Waals surface area contributed by atoms with Gasteiger partial charge in [-0.2, -0.15) is 13.2 Å². The van der Waals surface area contributed by atoms with Crippen LogP contribution in [0.25, 0.3) is 11.1 Å². The van der Waals surface area contributed by atoms with Gasteiger partial charge in [0.15, 0.2) is 0 Å². The van der Waals surface area contributed by atoms with Crippen LogP contribution in [0.3, 0.4) is 0 Å². The first kappa shape index (κ1) is 23.6. The number of hydrogen-bond acceptors (Lipinski definition) is 4. The summed E-state index contributed by atoms with van der Waals surface area (Å²) in [5.41, 5.74) is 4.31. The highest BCUT2D eigenvalue weighted by Crippen LogP contribution is 2.44. The quantitative estimate of drug-likeness (QED) is 0.588. The van der Waals surface area contributed by atoms with E-state index in [1.165, 1.54) is 0 Å². The van der Waals surface area contributed by atoms with Crippen molar-refractivity contribution >= 4 is 18.0 Å². The number of carboxylic acid groups (broad SMARTS) is 1. The van der Waals surface area contributed by atoms with E-state index in [1.54, 1.807) is 5.32 Å². The SMILES string of the molecule is O=C(N[C@@H]1CC[C@H](C(=O)NC(C(=O)O)C(F)(F)F)C1)OCC1c2ccccc2-c2ccccc21. The van der Waals surface area contributed by atoms with Crippen molar-refractivity contribution < 1.29 is 37.4 Å². The molecule has 0 radical (unpaired) electrons. The summed E-state index contributed by atoms with van der Waals surface area (Å²) >= 11 is 0. The van der Waals surface area contributed by atoms with Crippen molar-refractivity contribution in [1.29, 1.82) is 0 Å². The largest absolute Gasteiger partial charge is 0.479 e. The van der Waals surface area contributed by atoms with Crippen LogP contribution in [0.2, 0.25) is 0 Å². The lowest BCUT2D eigenvalue weighted by Gasteiger charge is -2.20. The van der Waals surface area contributed by atoms with Gasteiger partial charge in [-0.25, -0.2) is 9.59 Å². The molecule has 0 bridgehead atoms. The summed E-state index contributed by atoms with van der Waals surface area (Å²) in [7, 11) is 0. The second kappa shape index (κ2) is 9.36. The van der Waals surface area contributed by atoms with E-state index in [2.05, 4.69) is 5.32 Å². The van der Waals surface area contributed by atoms with Crippen LogP contribution in [0.4, 0.5) is 18.0 Å². The second-order valence-electron chi connectivity index (χ2n) is 8.50. The van der Waals surface area contributed by atoms with Crippen LogP contribution in [0.1, 0.15) is 36.3 Å². The van der Waals surface area contributed by atoms with E-state index >= 15 is 0 Å². The summed E-state index contributed by atoms with van der Waals surface area (Å²) in [5.74, 6) is -4.12. The molecule has 1 saturated carbocycles. The Kier molecular flexibility index (Phi) is 6.49. The third kappa shape index (κ3) is 4.85. The first-order valence-corrected chi connectivity index (χ1v) is 10.9. The Morgan fingerprint density at radius 1 is 1.00 bits per heavy atom. The van der Waals surface area contributed by atoms with Crippen LogP contribution < -0.4 is 10.6 Å². The summed E-state index contributed by atoms with van der Waals surface area (Å²) in [6.07, 6.45) is -5.08. The first-order valence-electron chi connectivity index (χ1n) is 10.9. The van der Waals surface area contributed by atoms with Crippen molar-refractivity contribution in [2.24, 2.45) is 5.92 Å². The minimum Gasteiger partial charge on any atom is -0.479 e. The average molecular weight is 476 g/mol. The Hall–Kier alpha value is -3.56. The molecule has 10 heteroatoms. The molecule has 3 N–H and O–H groups in total. The molecule has 2 amide bonds. The van der Waals surface area contributed by atoms with Crippen LogP contribution in [0.15, 0.2) is 48.5 Å². The smallest absolute Gasteiger partial charge is 0.419 e. The Bertz CT molecular complexity index is 1060. The second-order valence-corrected chi connectivity index (χ2v) is 8.50. The van der Waals surface area contributed by atoms with Gasteiger partial charge in [0, 0.05) is 17.9 Å². The highest BCUT2D eigenvalue weighted by atomic mass is 19.4. The number of ether oxygens (including phenoxy) is 1. The summed E-state index contributed by atoms with van der Waals surface area (Å²) < 4.78 is 43.8. The van der Waals surface area contributed by atoms with Crippen LogP contribution in [-0.4, -0.2) is 47.9 Å². The number of aliphatic carboxylic acids is 1. The van der Waals surface area contributed by atoms with Crippen molar-refractivity contribution in [3.63, 3.8) is 0 Å². The minimum absolute atomic E-state index is 0.0974. The van der Waals surface area contributed by atoms with Crippen LogP contribution >= 0.6 is 0 Å². The summed E-state index contributed by atoms with van der Waals surface area (Å²) in [6, 6.07) is 12.4. The van der Waals surface area contributed by atoms with Gasteiger partial charge in [0.1, 0.15) is 6.61 Å². The van der Waals surface area contributed by atoms with Crippen LogP contribution in [-0.2, 0) is 14.3 Å². The lowest BCUT2D eigenvalue weighted by atomic mass is 9.98. The lowest BCUT2D eigenvalue weighted by molar-refractivity contribution is -0.182. The molecule has 2 aliphatic carbocycles. The number of carbonyl (C=O) groups is 3. The van der Waals surface area contributed by atoms with Crippen LogP contribution in [0, 0.1) is 5.92 Å². The predicted molar refractivity (Wildman–Crippen MR) is 115 cm³/mol. The maximum Gasteiger partial charge on any atom is 0.419 e. The highest BCUT2D eigenvalue weighted by Gasteiger charge is 2.47. The molecule has 2 aromatic rings. The molecule has 2 aliphatic rings. The number of alkyl carbamates (subject to hydrolysis) is 1. The Morgan fingerprint density at radius 2 is 1.59 bits per heavy atom. The average Bonchev–Trinajstić information content (AvgIpc) is 3.37. The molecule has 34 heavy (non-hydrogen) atoms. The molecule has 1 fully saturated rings. The zero-order valence-corrected chi connectivity index (χ0v) is 18.0. The number of rotatable bonds is 6. The maximum absolute atomic E-state index is 12.8. The maximum atomic E-state index is 12.8. The predicted octanol–water partition coefficient (Wildman–Crippen LogP) is 3.83. The summed E-state index contributed by atoms with van der Waals surface area (Å²) in [5, 5.41) is 12.9. The molecule has 4 rings (SSSR count). The zero-order chi connectivity index (χ0) is 24.5. The zero-order valence-electron chi connectivity index (χ0n) is 18.0. The van der Waals surface area contributed by atoms with E-state index in [1.807, 2.05) is 48.5 Å². The Labute approximate surface area is 193 Å². The van der Waals surface area contributed by atoms with Crippen molar-refractivity contribution in [3.8, 4) is 11.1 Å². The van der Waals surface area contributed by atoms with Crippen molar-refractivity contribution in [1.82, 2.24) is 10.6 Å². The van der Waals surface area contributed by atoms with Crippen molar-refractivity contribution in [2.75, 3.05) is 6.61 Å². The van der Waals surface area contributed by atoms with E-state index in [4.69, 9.17) is 9.84 Å². The molecule has 3 atom stereocenters. The number of amides is 2. The van der Waals surface area contributed by atoms with E-state index in [9.17, 15) is 27.6 Å². The molecule has 2 aromatic carbocycles. The molecule has 0 aromatic heterocycles. The molecule has 7 nitrogen and oxygen atoms in total. The van der Waals surface area contributed by atoms with Gasteiger partial charge in [0.05, 0.1) is 0 Å². The molecule has 0 aliphatic heterocycles. The number of fused-ring (bicyclic) bond motifs is 3. The first-order chi connectivity index (χ1) is 16.1. The number of benzene rings is 2. The standard InChI is InChI=1S/C24H23F3N2O5/c25-24(26,27)20(22(31)32)29-21(30)13-9-10-14(11-13)28-23(33)34-12-19-17-7-3-1-5-15(17)16-6-2-4-8-18(16)19/h1-8,13-14,19-20H,9-12H2,(H,28,33)(H,29,30)(H,31,32)/t13-,14+,20?/m0/s1. The van der Waals surface area contributed by atoms with Gasteiger partial charge in [0.25, 0.3) is 0 Å². The van der Waals surface area contributed by atoms with E-state index < -0.39 is 42.1 Å². The Morgan fingerprint density at radius 3 is 2.15 bits per heavy atom. The topological polar surface area (TPSA) is 105 Å².